The quantitative estimate of drug-likeness (QED) is 0.155. The van der Waals surface area contributed by atoms with E-state index in [2.05, 4.69) is 254 Å². The van der Waals surface area contributed by atoms with Crippen molar-refractivity contribution < 1.29 is 0 Å². The van der Waals surface area contributed by atoms with Crippen molar-refractivity contribution in [2.24, 2.45) is 0 Å². The van der Waals surface area contributed by atoms with Gasteiger partial charge in [-0.25, -0.2) is 0 Å². The fourth-order valence-electron chi connectivity index (χ4n) is 14.8. The third-order valence-electron chi connectivity index (χ3n) is 17.9. The molecule has 0 aliphatic heterocycles. The number of rotatable bonds is 5. The topological polar surface area (TPSA) is 3.24 Å². The number of para-hydroxylation sites is 1. The maximum atomic E-state index is 2.63. The van der Waals surface area contributed by atoms with E-state index in [1.54, 1.807) is 0 Å². The van der Waals surface area contributed by atoms with E-state index in [0.29, 0.717) is 0 Å². The molecule has 12 aromatic carbocycles. The predicted octanol–water partition coefficient (Wildman–Crippen LogP) is 19.5. The van der Waals surface area contributed by atoms with Gasteiger partial charge in [0.1, 0.15) is 0 Å². The van der Waals surface area contributed by atoms with Gasteiger partial charge in [-0.15, -0.1) is 0 Å². The Bertz CT molecular complexity index is 4220. The van der Waals surface area contributed by atoms with Crippen molar-refractivity contribution in [1.82, 2.24) is 0 Å². The molecule has 0 atom stereocenters. The summed E-state index contributed by atoms with van der Waals surface area (Å²) in [5, 5.41) is 7.61. The summed E-state index contributed by atoms with van der Waals surface area (Å²) < 4.78 is 0. The summed E-state index contributed by atoms with van der Waals surface area (Å²) in [5.74, 6) is 0. The molecule has 0 N–H and O–H groups in total. The van der Waals surface area contributed by atoms with Gasteiger partial charge in [0, 0.05) is 22.2 Å². The van der Waals surface area contributed by atoms with E-state index in [9.17, 15) is 0 Å². The van der Waals surface area contributed by atoms with E-state index in [1.165, 1.54) is 159 Å². The summed E-state index contributed by atoms with van der Waals surface area (Å²) >= 11 is 0. The highest BCUT2D eigenvalue weighted by Gasteiger charge is 2.52. The lowest BCUT2D eigenvalue weighted by molar-refractivity contribution is 0.353. The molecule has 1 nitrogen and oxygen atoms in total. The number of hydrogen-bond acceptors (Lipinski definition) is 1. The second-order valence-electron chi connectivity index (χ2n) is 21.3. The van der Waals surface area contributed by atoms with Crippen LogP contribution >= 0.6 is 0 Å². The molecule has 4 aliphatic rings. The minimum atomic E-state index is -0.527. The largest absolute Gasteiger partial charge is 0.309 e. The fraction of sp³-hybridized carbons (Fsp3) is 0.0959. The summed E-state index contributed by atoms with van der Waals surface area (Å²) in [4.78, 5) is 2.63. The van der Waals surface area contributed by atoms with Crippen LogP contribution in [-0.4, -0.2) is 0 Å². The zero-order valence-corrected chi connectivity index (χ0v) is 41.2. The molecule has 348 valence electrons. The van der Waals surface area contributed by atoms with Crippen molar-refractivity contribution in [1.29, 1.82) is 0 Å². The maximum absolute atomic E-state index is 2.63. The average molecular weight is 942 g/mol. The Balaban J connectivity index is 1.05. The smallest absolute Gasteiger partial charge is 0.0726 e. The second kappa shape index (κ2) is 15.9. The van der Waals surface area contributed by atoms with E-state index in [0.717, 1.165) is 11.4 Å². The van der Waals surface area contributed by atoms with Crippen molar-refractivity contribution in [3.8, 4) is 55.6 Å². The van der Waals surface area contributed by atoms with Gasteiger partial charge in [-0.05, 0) is 159 Å². The Labute approximate surface area is 432 Å². The SMILES string of the molecule is c1ccc(-c2ccccc2N(c2ccc3c4ccccc4c4ccccc4c3c2)c2cc3c(cc2-c2ccc4c(c2)C2(CCCCC2)c2ccccc2-4)-c2ccccc2C32c3ccccc3-c3ccccc32)cc1. The molecule has 4 aliphatic carbocycles. The first kappa shape index (κ1) is 41.8. The number of benzene rings is 12. The first-order chi connectivity index (χ1) is 36.7. The molecule has 74 heavy (non-hydrogen) atoms. The molecule has 0 radical (unpaired) electrons. The first-order valence-electron chi connectivity index (χ1n) is 26.7. The van der Waals surface area contributed by atoms with E-state index >= 15 is 0 Å². The van der Waals surface area contributed by atoms with Crippen LogP contribution in [0.4, 0.5) is 17.1 Å². The Morgan fingerprint density at radius 2 is 0.743 bits per heavy atom. The zero-order valence-electron chi connectivity index (χ0n) is 41.2. The predicted molar refractivity (Wildman–Crippen MR) is 310 cm³/mol. The van der Waals surface area contributed by atoms with Crippen LogP contribution in [-0.2, 0) is 10.8 Å². The molecule has 1 fully saturated rings. The number of anilines is 3. The third-order valence-corrected chi connectivity index (χ3v) is 17.9. The molecule has 1 heteroatoms. The summed E-state index contributed by atoms with van der Waals surface area (Å²) in [5.41, 5.74) is 24.2. The molecule has 0 saturated heterocycles. The van der Waals surface area contributed by atoms with Gasteiger partial charge < -0.3 is 4.90 Å². The minimum absolute atomic E-state index is 0.00672. The molecular weight excluding hydrogens is 891 g/mol. The van der Waals surface area contributed by atoms with Gasteiger partial charge in [0.25, 0.3) is 0 Å². The van der Waals surface area contributed by atoms with E-state index in [1.807, 2.05) is 0 Å². The van der Waals surface area contributed by atoms with Crippen molar-refractivity contribution in [2.45, 2.75) is 42.9 Å². The molecule has 16 rings (SSSR count). The fourth-order valence-corrected chi connectivity index (χ4v) is 14.8. The molecule has 0 unspecified atom stereocenters. The van der Waals surface area contributed by atoms with Gasteiger partial charge in [0.05, 0.1) is 16.8 Å². The Kier molecular flexibility index (Phi) is 8.96. The molecule has 0 amide bonds. The minimum Gasteiger partial charge on any atom is -0.309 e. The molecule has 2 spiro atoms. The summed E-state index contributed by atoms with van der Waals surface area (Å²) in [6.45, 7) is 0. The van der Waals surface area contributed by atoms with E-state index < -0.39 is 5.41 Å². The van der Waals surface area contributed by atoms with Gasteiger partial charge >= 0.3 is 0 Å². The van der Waals surface area contributed by atoms with Crippen LogP contribution in [0.25, 0.3) is 88.0 Å². The molecule has 0 heterocycles. The van der Waals surface area contributed by atoms with Crippen molar-refractivity contribution in [2.75, 3.05) is 4.90 Å². The van der Waals surface area contributed by atoms with Crippen LogP contribution in [0.15, 0.2) is 249 Å². The summed E-state index contributed by atoms with van der Waals surface area (Å²) in [7, 11) is 0. The second-order valence-corrected chi connectivity index (χ2v) is 21.3. The van der Waals surface area contributed by atoms with Gasteiger partial charge in [0.15, 0.2) is 0 Å². The van der Waals surface area contributed by atoms with Crippen LogP contribution in [0, 0.1) is 0 Å². The number of hydrogen-bond donors (Lipinski definition) is 0. The van der Waals surface area contributed by atoms with Crippen LogP contribution in [0.3, 0.4) is 0 Å². The highest BCUT2D eigenvalue weighted by atomic mass is 15.1. The van der Waals surface area contributed by atoms with E-state index in [-0.39, 0.29) is 5.41 Å². The zero-order chi connectivity index (χ0) is 48.5. The standard InChI is InChI=1S/C73H51N/c1-3-21-47(22-4-1)50-23-13-18-36-70(50)74(49-38-40-55-53-26-6-5-24-51(53)52-25-7-8-27-54(52)62(55)44-49)71-46-69-63(59-31-12-17-35-67(59)73(69)65-33-15-10-29-57(65)58-30-11-16-34-66(58)73)45-61(71)48-37-39-60-56-28-9-14-32-64(56)72(68(60)43-48)41-19-2-20-42-72/h1,3-18,21-40,43-46H,2,19-20,41-42H2. The van der Waals surface area contributed by atoms with Gasteiger partial charge in [-0.3, -0.25) is 0 Å². The summed E-state index contributed by atoms with van der Waals surface area (Å²) in [6, 6.07) is 95.1. The van der Waals surface area contributed by atoms with Crippen molar-refractivity contribution in [3.05, 3.63) is 282 Å². The Morgan fingerprint density at radius 1 is 0.257 bits per heavy atom. The van der Waals surface area contributed by atoms with Crippen LogP contribution in [0.2, 0.25) is 0 Å². The highest BCUT2D eigenvalue weighted by Crippen LogP contribution is 2.65. The number of nitrogens with zero attached hydrogens (tertiary/aromatic N) is 1. The molecule has 1 saturated carbocycles. The lowest BCUT2D eigenvalue weighted by Gasteiger charge is -2.36. The normalized spacial score (nSPS) is 15.0. The lowest BCUT2D eigenvalue weighted by atomic mass is 9.67. The Morgan fingerprint density at radius 3 is 1.38 bits per heavy atom. The Hall–Kier alpha value is -8.78. The number of fused-ring (bicyclic) bond motifs is 21. The monoisotopic (exact) mass is 941 g/mol. The average Bonchev–Trinajstić information content (AvgIpc) is 4.07. The lowest BCUT2D eigenvalue weighted by Crippen LogP contribution is -2.28. The van der Waals surface area contributed by atoms with Gasteiger partial charge in [0.2, 0.25) is 0 Å². The van der Waals surface area contributed by atoms with E-state index in [4.69, 9.17) is 0 Å². The maximum Gasteiger partial charge on any atom is 0.0726 e. The third kappa shape index (κ3) is 5.65. The summed E-state index contributed by atoms with van der Waals surface area (Å²) in [6.07, 6.45) is 6.17. The molecule has 12 aromatic rings. The van der Waals surface area contributed by atoms with Crippen LogP contribution in [0.5, 0.6) is 0 Å². The van der Waals surface area contributed by atoms with Gasteiger partial charge in [-0.2, -0.15) is 0 Å². The molecular formula is C73H51N. The van der Waals surface area contributed by atoms with Gasteiger partial charge in [-0.1, -0.05) is 232 Å². The molecule has 0 bridgehead atoms. The van der Waals surface area contributed by atoms with Crippen molar-refractivity contribution >= 4 is 49.4 Å². The van der Waals surface area contributed by atoms with Crippen molar-refractivity contribution in [3.63, 3.8) is 0 Å². The molecule has 0 aromatic heterocycles. The van der Waals surface area contributed by atoms with Crippen LogP contribution in [0.1, 0.15) is 65.5 Å². The highest BCUT2D eigenvalue weighted by molar-refractivity contribution is 6.26. The first-order valence-corrected chi connectivity index (χ1v) is 26.7. The van der Waals surface area contributed by atoms with Crippen LogP contribution < -0.4 is 4.90 Å².